The summed E-state index contributed by atoms with van der Waals surface area (Å²) < 4.78 is 0. The first-order chi connectivity index (χ1) is 8.18. The lowest BCUT2D eigenvalue weighted by Gasteiger charge is -2.13. The molecule has 17 heavy (non-hydrogen) atoms. The van der Waals surface area contributed by atoms with Crippen molar-refractivity contribution in [2.45, 2.75) is 52.4 Å². The van der Waals surface area contributed by atoms with Gasteiger partial charge in [0.2, 0.25) is 5.91 Å². The van der Waals surface area contributed by atoms with E-state index >= 15 is 0 Å². The van der Waals surface area contributed by atoms with E-state index in [0.717, 1.165) is 24.1 Å². The molecule has 0 saturated heterocycles. The first kappa shape index (κ1) is 12.1. The van der Waals surface area contributed by atoms with Crippen LogP contribution in [0.2, 0.25) is 0 Å². The van der Waals surface area contributed by atoms with Crippen molar-refractivity contribution < 1.29 is 4.79 Å². The Morgan fingerprint density at radius 1 is 1.24 bits per heavy atom. The van der Waals surface area contributed by atoms with Gasteiger partial charge >= 0.3 is 0 Å². The summed E-state index contributed by atoms with van der Waals surface area (Å²) in [6.45, 7) is 3.94. The van der Waals surface area contributed by atoms with Gasteiger partial charge in [-0.05, 0) is 26.7 Å². The summed E-state index contributed by atoms with van der Waals surface area (Å²) in [6.07, 6.45) is 6.94. The van der Waals surface area contributed by atoms with Crippen molar-refractivity contribution in [3.8, 4) is 0 Å². The van der Waals surface area contributed by atoms with Crippen molar-refractivity contribution in [2.75, 3.05) is 5.32 Å². The van der Waals surface area contributed by atoms with Crippen LogP contribution in [0.25, 0.3) is 0 Å². The van der Waals surface area contributed by atoms with Crippen LogP contribution in [-0.4, -0.2) is 16.1 Å². The summed E-state index contributed by atoms with van der Waals surface area (Å²) in [7, 11) is 0. The maximum absolute atomic E-state index is 12.1. The van der Waals surface area contributed by atoms with E-state index in [1.807, 2.05) is 13.8 Å². The highest BCUT2D eigenvalue weighted by Crippen LogP contribution is 2.24. The normalized spacial score (nSPS) is 17.8. The number of amides is 1. The SMILES string of the molecule is Cc1[nH]nc(NC(=O)C2CCCCCC2)c1C. The lowest BCUT2D eigenvalue weighted by Crippen LogP contribution is -2.22. The Morgan fingerprint density at radius 2 is 1.88 bits per heavy atom. The van der Waals surface area contributed by atoms with Crippen LogP contribution < -0.4 is 5.32 Å². The highest BCUT2D eigenvalue weighted by molar-refractivity contribution is 5.92. The fourth-order valence-corrected chi connectivity index (χ4v) is 2.37. The Morgan fingerprint density at radius 3 is 2.41 bits per heavy atom. The molecule has 0 aromatic carbocycles. The Hall–Kier alpha value is -1.32. The predicted octanol–water partition coefficient (Wildman–Crippen LogP) is 2.94. The minimum atomic E-state index is 0.140. The number of carbonyl (C=O) groups excluding carboxylic acids is 1. The number of anilines is 1. The smallest absolute Gasteiger partial charge is 0.228 e. The van der Waals surface area contributed by atoms with E-state index in [1.54, 1.807) is 0 Å². The molecule has 2 rings (SSSR count). The molecule has 4 nitrogen and oxygen atoms in total. The van der Waals surface area contributed by atoms with Gasteiger partial charge in [-0.2, -0.15) is 5.10 Å². The lowest BCUT2D eigenvalue weighted by atomic mass is 9.99. The first-order valence-corrected chi connectivity index (χ1v) is 6.51. The number of rotatable bonds is 2. The maximum atomic E-state index is 12.1. The highest BCUT2D eigenvalue weighted by atomic mass is 16.1. The number of H-pyrrole nitrogens is 1. The molecule has 2 N–H and O–H groups in total. The molecule has 1 heterocycles. The number of nitrogens with one attached hydrogen (secondary N) is 2. The zero-order valence-electron chi connectivity index (χ0n) is 10.7. The number of aryl methyl sites for hydroxylation is 1. The molecule has 1 aliphatic rings. The molecular weight excluding hydrogens is 214 g/mol. The Kier molecular flexibility index (Phi) is 3.82. The zero-order valence-corrected chi connectivity index (χ0v) is 10.7. The van der Waals surface area contributed by atoms with E-state index in [0.29, 0.717) is 5.82 Å². The summed E-state index contributed by atoms with van der Waals surface area (Å²) in [6, 6.07) is 0. The summed E-state index contributed by atoms with van der Waals surface area (Å²) in [4.78, 5) is 12.1. The number of carbonyl (C=O) groups is 1. The van der Waals surface area contributed by atoms with Gasteiger partial charge in [-0.25, -0.2) is 0 Å². The van der Waals surface area contributed by atoms with Crippen LogP contribution >= 0.6 is 0 Å². The molecule has 0 radical (unpaired) electrons. The van der Waals surface area contributed by atoms with Crippen LogP contribution in [0.3, 0.4) is 0 Å². The van der Waals surface area contributed by atoms with E-state index in [4.69, 9.17) is 0 Å². The first-order valence-electron chi connectivity index (χ1n) is 6.51. The molecule has 1 aliphatic carbocycles. The van der Waals surface area contributed by atoms with E-state index < -0.39 is 0 Å². The molecule has 4 heteroatoms. The number of hydrogen-bond donors (Lipinski definition) is 2. The fourth-order valence-electron chi connectivity index (χ4n) is 2.37. The van der Waals surface area contributed by atoms with Gasteiger partial charge in [-0.1, -0.05) is 25.7 Å². The maximum Gasteiger partial charge on any atom is 0.228 e. The average Bonchev–Trinajstić information content (AvgIpc) is 2.59. The van der Waals surface area contributed by atoms with Gasteiger partial charge in [0.05, 0.1) is 0 Å². The molecule has 0 aliphatic heterocycles. The quantitative estimate of drug-likeness (QED) is 0.774. The summed E-state index contributed by atoms with van der Waals surface area (Å²) >= 11 is 0. The van der Waals surface area contributed by atoms with Crippen LogP contribution in [-0.2, 0) is 4.79 Å². The van der Waals surface area contributed by atoms with Crippen LogP contribution in [0.5, 0.6) is 0 Å². The molecule has 0 spiro atoms. The molecule has 1 aromatic heterocycles. The van der Waals surface area contributed by atoms with E-state index in [1.165, 1.54) is 25.7 Å². The van der Waals surface area contributed by atoms with E-state index in [-0.39, 0.29) is 11.8 Å². The molecule has 0 atom stereocenters. The number of hydrogen-bond acceptors (Lipinski definition) is 2. The van der Waals surface area contributed by atoms with E-state index in [9.17, 15) is 4.79 Å². The van der Waals surface area contributed by atoms with Crippen LogP contribution in [0.15, 0.2) is 0 Å². The molecule has 0 bridgehead atoms. The van der Waals surface area contributed by atoms with Gasteiger partial charge < -0.3 is 5.32 Å². The van der Waals surface area contributed by atoms with Crippen LogP contribution in [0, 0.1) is 19.8 Å². The topological polar surface area (TPSA) is 57.8 Å². The molecule has 94 valence electrons. The largest absolute Gasteiger partial charge is 0.309 e. The van der Waals surface area contributed by atoms with E-state index in [2.05, 4.69) is 15.5 Å². The number of nitrogens with zero attached hydrogens (tertiary/aromatic N) is 1. The third-order valence-corrected chi connectivity index (χ3v) is 3.72. The minimum Gasteiger partial charge on any atom is -0.309 e. The Labute approximate surface area is 102 Å². The van der Waals surface area contributed by atoms with Gasteiger partial charge in [0, 0.05) is 17.2 Å². The second kappa shape index (κ2) is 5.34. The third-order valence-electron chi connectivity index (χ3n) is 3.72. The van der Waals surface area contributed by atoms with Crippen molar-refractivity contribution >= 4 is 11.7 Å². The Balaban J connectivity index is 1.98. The number of aromatic nitrogens is 2. The van der Waals surface area contributed by atoms with Crippen molar-refractivity contribution in [1.82, 2.24) is 10.2 Å². The van der Waals surface area contributed by atoms with Crippen LogP contribution in [0.4, 0.5) is 5.82 Å². The molecule has 1 amide bonds. The fraction of sp³-hybridized carbons (Fsp3) is 0.692. The highest BCUT2D eigenvalue weighted by Gasteiger charge is 2.21. The van der Waals surface area contributed by atoms with Crippen molar-refractivity contribution in [3.05, 3.63) is 11.3 Å². The molecule has 1 fully saturated rings. The molecule has 0 unspecified atom stereocenters. The van der Waals surface area contributed by atoms with Gasteiger partial charge in [0.25, 0.3) is 0 Å². The van der Waals surface area contributed by atoms with Crippen molar-refractivity contribution in [1.29, 1.82) is 0 Å². The second-order valence-corrected chi connectivity index (χ2v) is 5.00. The summed E-state index contributed by atoms with van der Waals surface area (Å²) in [5.74, 6) is 1.01. The molecular formula is C13H21N3O. The third kappa shape index (κ3) is 2.87. The van der Waals surface area contributed by atoms with Gasteiger partial charge in [-0.15, -0.1) is 0 Å². The summed E-state index contributed by atoms with van der Waals surface area (Å²) in [5, 5.41) is 9.96. The van der Waals surface area contributed by atoms with Gasteiger partial charge in [0.15, 0.2) is 5.82 Å². The molecule has 1 aromatic rings. The number of aromatic amines is 1. The van der Waals surface area contributed by atoms with Crippen LogP contribution in [0.1, 0.15) is 49.8 Å². The monoisotopic (exact) mass is 235 g/mol. The van der Waals surface area contributed by atoms with Crippen molar-refractivity contribution in [2.24, 2.45) is 5.92 Å². The van der Waals surface area contributed by atoms with Crippen molar-refractivity contribution in [3.63, 3.8) is 0 Å². The lowest BCUT2D eigenvalue weighted by molar-refractivity contribution is -0.120. The van der Waals surface area contributed by atoms with Gasteiger partial charge in [-0.3, -0.25) is 9.89 Å². The van der Waals surface area contributed by atoms with Gasteiger partial charge in [0.1, 0.15) is 0 Å². The standard InChI is InChI=1S/C13H21N3O/c1-9-10(2)15-16-12(9)14-13(17)11-7-5-3-4-6-8-11/h11H,3-8H2,1-2H3,(H2,14,15,16,17). The average molecular weight is 235 g/mol. The zero-order chi connectivity index (χ0) is 12.3. The second-order valence-electron chi connectivity index (χ2n) is 5.00. The minimum absolute atomic E-state index is 0.140. The summed E-state index contributed by atoms with van der Waals surface area (Å²) in [5.41, 5.74) is 2.05. The predicted molar refractivity (Wildman–Crippen MR) is 67.9 cm³/mol. The Bertz CT molecular complexity index is 389. The molecule has 1 saturated carbocycles.